The van der Waals surface area contributed by atoms with Gasteiger partial charge in [0.1, 0.15) is 5.75 Å². The molecule has 1 atom stereocenters. The average molecular weight is 271 g/mol. The quantitative estimate of drug-likeness (QED) is 0.924. The zero-order valence-electron chi connectivity index (χ0n) is 11.2. The lowest BCUT2D eigenvalue weighted by Gasteiger charge is -2.07. The molecule has 0 bridgehead atoms. The summed E-state index contributed by atoms with van der Waals surface area (Å²) in [6, 6.07) is 6.27. The van der Waals surface area contributed by atoms with E-state index < -0.39 is 0 Å². The van der Waals surface area contributed by atoms with E-state index >= 15 is 0 Å². The van der Waals surface area contributed by atoms with Gasteiger partial charge in [-0.25, -0.2) is 0 Å². The van der Waals surface area contributed by atoms with E-state index in [1.807, 2.05) is 6.07 Å². The molecule has 1 fully saturated rings. The van der Waals surface area contributed by atoms with Gasteiger partial charge in [-0.05, 0) is 48.9 Å². The normalized spacial score (nSPS) is 20.9. The van der Waals surface area contributed by atoms with Crippen molar-refractivity contribution < 1.29 is 9.26 Å². The second-order valence-corrected chi connectivity index (χ2v) is 5.62. The highest BCUT2D eigenvalue weighted by molar-refractivity contribution is 5.40. The molecule has 0 saturated heterocycles. The summed E-state index contributed by atoms with van der Waals surface area (Å²) in [5, 5.41) is 3.98. The standard InChI is InChI=1S/C15H17N3O2/c16-13-6-3-10-7-11(4-5-12(10)13)19-8-14-17-15(18-20-14)9-1-2-9/h4-5,7,9,13H,1-3,6,8,16H2. The van der Waals surface area contributed by atoms with Crippen LogP contribution in [0, 0.1) is 0 Å². The van der Waals surface area contributed by atoms with E-state index in [1.165, 1.54) is 24.0 Å². The van der Waals surface area contributed by atoms with Crippen molar-refractivity contribution in [2.45, 2.75) is 44.2 Å². The molecular formula is C15H17N3O2. The van der Waals surface area contributed by atoms with Gasteiger partial charge in [0.05, 0.1) is 0 Å². The van der Waals surface area contributed by atoms with Crippen LogP contribution in [-0.2, 0) is 13.0 Å². The number of fused-ring (bicyclic) bond motifs is 1. The molecule has 4 rings (SSSR count). The molecule has 104 valence electrons. The fraction of sp³-hybridized carbons (Fsp3) is 0.467. The molecule has 5 nitrogen and oxygen atoms in total. The Bertz CT molecular complexity index is 634. The third-order valence-corrected chi connectivity index (χ3v) is 4.03. The lowest BCUT2D eigenvalue weighted by Crippen LogP contribution is -2.05. The topological polar surface area (TPSA) is 74.2 Å². The fourth-order valence-corrected chi connectivity index (χ4v) is 2.70. The van der Waals surface area contributed by atoms with E-state index in [0.717, 1.165) is 24.4 Å². The van der Waals surface area contributed by atoms with Crippen molar-refractivity contribution in [2.75, 3.05) is 0 Å². The third-order valence-electron chi connectivity index (χ3n) is 4.03. The minimum Gasteiger partial charge on any atom is -0.484 e. The Balaban J connectivity index is 1.43. The highest BCUT2D eigenvalue weighted by Crippen LogP contribution is 2.38. The number of hydrogen-bond acceptors (Lipinski definition) is 5. The van der Waals surface area contributed by atoms with Crippen molar-refractivity contribution in [1.82, 2.24) is 10.1 Å². The minimum atomic E-state index is 0.177. The van der Waals surface area contributed by atoms with Crippen LogP contribution >= 0.6 is 0 Å². The van der Waals surface area contributed by atoms with Crippen molar-refractivity contribution in [1.29, 1.82) is 0 Å². The van der Waals surface area contributed by atoms with E-state index in [4.69, 9.17) is 15.0 Å². The highest BCUT2D eigenvalue weighted by atomic mass is 16.5. The van der Waals surface area contributed by atoms with Crippen LogP contribution < -0.4 is 10.5 Å². The molecule has 2 aliphatic carbocycles. The highest BCUT2D eigenvalue weighted by Gasteiger charge is 2.28. The molecule has 1 aromatic heterocycles. The van der Waals surface area contributed by atoms with Crippen molar-refractivity contribution in [3.63, 3.8) is 0 Å². The van der Waals surface area contributed by atoms with Gasteiger partial charge >= 0.3 is 0 Å². The molecule has 20 heavy (non-hydrogen) atoms. The Hall–Kier alpha value is -1.88. The SMILES string of the molecule is NC1CCc2cc(OCc3nc(C4CC4)no3)ccc21. The summed E-state index contributed by atoms with van der Waals surface area (Å²) in [6.45, 7) is 0.324. The first-order chi connectivity index (χ1) is 9.79. The summed E-state index contributed by atoms with van der Waals surface area (Å²) in [6.07, 6.45) is 4.39. The minimum absolute atomic E-state index is 0.177. The molecule has 0 amide bonds. The van der Waals surface area contributed by atoms with Gasteiger partial charge in [-0.15, -0.1) is 0 Å². The smallest absolute Gasteiger partial charge is 0.264 e. The maximum absolute atomic E-state index is 6.02. The number of aromatic nitrogens is 2. The third kappa shape index (κ3) is 2.18. The Labute approximate surface area is 117 Å². The van der Waals surface area contributed by atoms with Crippen LogP contribution in [0.5, 0.6) is 5.75 Å². The molecule has 1 unspecified atom stereocenters. The molecule has 0 spiro atoms. The first kappa shape index (κ1) is 11.9. The largest absolute Gasteiger partial charge is 0.484 e. The van der Waals surface area contributed by atoms with Crippen LogP contribution in [0.4, 0.5) is 0 Å². The summed E-state index contributed by atoms with van der Waals surface area (Å²) >= 11 is 0. The van der Waals surface area contributed by atoms with Gasteiger partial charge in [0.25, 0.3) is 5.89 Å². The van der Waals surface area contributed by atoms with Gasteiger partial charge in [-0.2, -0.15) is 4.98 Å². The Morgan fingerprint density at radius 1 is 1.30 bits per heavy atom. The van der Waals surface area contributed by atoms with Crippen LogP contribution in [-0.4, -0.2) is 10.1 Å². The van der Waals surface area contributed by atoms with Crippen molar-refractivity contribution in [3.05, 3.63) is 41.0 Å². The Kier molecular flexibility index (Phi) is 2.73. The lowest BCUT2D eigenvalue weighted by molar-refractivity contribution is 0.242. The van der Waals surface area contributed by atoms with Crippen LogP contribution in [0.1, 0.15) is 54.1 Å². The Morgan fingerprint density at radius 3 is 3.05 bits per heavy atom. The fourth-order valence-electron chi connectivity index (χ4n) is 2.70. The van der Waals surface area contributed by atoms with E-state index in [9.17, 15) is 0 Å². The maximum atomic E-state index is 6.02. The summed E-state index contributed by atoms with van der Waals surface area (Å²) < 4.78 is 10.9. The van der Waals surface area contributed by atoms with E-state index in [1.54, 1.807) is 0 Å². The van der Waals surface area contributed by atoms with Gasteiger partial charge < -0.3 is 15.0 Å². The molecule has 0 aliphatic heterocycles. The molecule has 0 radical (unpaired) electrons. The number of nitrogens with two attached hydrogens (primary N) is 1. The first-order valence-corrected chi connectivity index (χ1v) is 7.13. The molecule has 5 heteroatoms. The number of nitrogens with zero attached hydrogens (tertiary/aromatic N) is 2. The molecule has 1 saturated carbocycles. The molecule has 1 heterocycles. The van der Waals surface area contributed by atoms with Crippen LogP contribution in [0.25, 0.3) is 0 Å². The number of ether oxygens (including phenoxy) is 1. The molecular weight excluding hydrogens is 254 g/mol. The van der Waals surface area contributed by atoms with E-state index in [0.29, 0.717) is 18.4 Å². The van der Waals surface area contributed by atoms with Crippen molar-refractivity contribution in [2.24, 2.45) is 5.73 Å². The molecule has 1 aromatic carbocycles. The van der Waals surface area contributed by atoms with Gasteiger partial charge in [-0.3, -0.25) is 0 Å². The number of aryl methyl sites for hydroxylation is 1. The number of rotatable bonds is 4. The predicted octanol–water partition coefficient (Wildman–Crippen LogP) is 2.47. The van der Waals surface area contributed by atoms with E-state index in [2.05, 4.69) is 22.3 Å². The first-order valence-electron chi connectivity index (χ1n) is 7.13. The zero-order chi connectivity index (χ0) is 13.5. The second-order valence-electron chi connectivity index (χ2n) is 5.62. The Morgan fingerprint density at radius 2 is 2.20 bits per heavy atom. The summed E-state index contributed by atoms with van der Waals surface area (Å²) in [5.74, 6) is 2.71. The van der Waals surface area contributed by atoms with Crippen molar-refractivity contribution >= 4 is 0 Å². The molecule has 2 N–H and O–H groups in total. The number of benzene rings is 1. The van der Waals surface area contributed by atoms with Gasteiger partial charge in [0, 0.05) is 12.0 Å². The molecule has 2 aliphatic rings. The summed E-state index contributed by atoms with van der Waals surface area (Å²) in [5.41, 5.74) is 8.56. The van der Waals surface area contributed by atoms with Gasteiger partial charge in [0.15, 0.2) is 12.4 Å². The monoisotopic (exact) mass is 271 g/mol. The molecule has 2 aromatic rings. The van der Waals surface area contributed by atoms with Crippen LogP contribution in [0.3, 0.4) is 0 Å². The summed E-state index contributed by atoms with van der Waals surface area (Å²) in [4.78, 5) is 4.35. The van der Waals surface area contributed by atoms with Crippen LogP contribution in [0.2, 0.25) is 0 Å². The van der Waals surface area contributed by atoms with Crippen LogP contribution in [0.15, 0.2) is 22.7 Å². The average Bonchev–Trinajstić information content (AvgIpc) is 3.10. The maximum Gasteiger partial charge on any atom is 0.264 e. The van der Waals surface area contributed by atoms with Gasteiger partial charge in [0.2, 0.25) is 0 Å². The second kappa shape index (κ2) is 4.59. The van der Waals surface area contributed by atoms with Gasteiger partial charge in [-0.1, -0.05) is 11.2 Å². The van der Waals surface area contributed by atoms with E-state index in [-0.39, 0.29) is 6.04 Å². The van der Waals surface area contributed by atoms with Crippen molar-refractivity contribution in [3.8, 4) is 5.75 Å². The summed E-state index contributed by atoms with van der Waals surface area (Å²) in [7, 11) is 0. The lowest BCUT2D eigenvalue weighted by atomic mass is 10.1. The zero-order valence-corrected chi connectivity index (χ0v) is 11.2. The number of hydrogen-bond donors (Lipinski definition) is 1. The predicted molar refractivity (Wildman–Crippen MR) is 72.3 cm³/mol.